The van der Waals surface area contributed by atoms with Crippen LogP contribution in [-0.2, 0) is 15.6 Å². The molecule has 0 aliphatic heterocycles. The second kappa shape index (κ2) is 6.29. The minimum absolute atomic E-state index is 0.188. The fourth-order valence-electron chi connectivity index (χ4n) is 1.81. The molecule has 0 aromatic heterocycles. The van der Waals surface area contributed by atoms with Crippen LogP contribution >= 0.6 is 31.9 Å². The summed E-state index contributed by atoms with van der Waals surface area (Å²) < 4.78 is 26.3. The maximum absolute atomic E-state index is 12.5. The molecule has 0 aliphatic carbocycles. The zero-order valence-electron chi connectivity index (χ0n) is 10.6. The third kappa shape index (κ3) is 3.93. The van der Waals surface area contributed by atoms with E-state index in [4.69, 9.17) is 5.11 Å². The van der Waals surface area contributed by atoms with Crippen molar-refractivity contribution in [3.8, 4) is 0 Å². The van der Waals surface area contributed by atoms with E-state index in [9.17, 15) is 13.2 Å². The summed E-state index contributed by atoms with van der Waals surface area (Å²) >= 11 is 6.45. The molecule has 0 radical (unpaired) electrons. The molecule has 2 aromatic rings. The molecule has 110 valence electrons. The first-order valence-corrected chi connectivity index (χ1v) is 9.03. The lowest BCUT2D eigenvalue weighted by atomic mass is 10.2. The van der Waals surface area contributed by atoms with E-state index in [1.54, 1.807) is 24.3 Å². The number of aromatic carboxylic acids is 1. The highest BCUT2D eigenvalue weighted by Gasteiger charge is 2.23. The predicted molar refractivity (Wildman–Crippen MR) is 86.1 cm³/mol. The Kier molecular flexibility index (Phi) is 4.85. The van der Waals surface area contributed by atoms with Gasteiger partial charge in [0, 0.05) is 8.95 Å². The molecule has 0 heterocycles. The highest BCUT2D eigenvalue weighted by Crippen LogP contribution is 2.25. The summed E-state index contributed by atoms with van der Waals surface area (Å²) in [6.45, 7) is 0. The molecular formula is C14H10Br2O4S. The van der Waals surface area contributed by atoms with Crippen molar-refractivity contribution in [2.75, 3.05) is 0 Å². The predicted octanol–water partition coefficient (Wildman–Crippen LogP) is 3.88. The molecule has 2 aromatic carbocycles. The molecule has 0 spiro atoms. The van der Waals surface area contributed by atoms with E-state index in [-0.39, 0.29) is 16.2 Å². The number of sulfone groups is 1. The van der Waals surface area contributed by atoms with Crippen LogP contribution in [0.15, 0.2) is 56.3 Å². The van der Waals surface area contributed by atoms with E-state index >= 15 is 0 Å². The molecular weight excluding hydrogens is 424 g/mol. The Morgan fingerprint density at radius 3 is 2.14 bits per heavy atom. The van der Waals surface area contributed by atoms with Crippen LogP contribution in [0.3, 0.4) is 0 Å². The molecule has 4 nitrogen and oxygen atoms in total. The van der Waals surface area contributed by atoms with Crippen LogP contribution in [0.5, 0.6) is 0 Å². The fraction of sp³-hybridized carbons (Fsp3) is 0.0714. The summed E-state index contributed by atoms with van der Waals surface area (Å²) in [5.41, 5.74) is 0.366. The first kappa shape index (κ1) is 16.2. The van der Waals surface area contributed by atoms with E-state index in [2.05, 4.69) is 31.9 Å². The van der Waals surface area contributed by atoms with Crippen LogP contribution in [-0.4, -0.2) is 19.5 Å². The zero-order valence-corrected chi connectivity index (χ0v) is 14.6. The van der Waals surface area contributed by atoms with Gasteiger partial charge in [-0.25, -0.2) is 13.2 Å². The number of rotatable bonds is 4. The maximum atomic E-state index is 12.5. The zero-order chi connectivity index (χ0) is 15.6. The Labute approximate surface area is 139 Å². The van der Waals surface area contributed by atoms with Gasteiger partial charge in [0.1, 0.15) is 0 Å². The van der Waals surface area contributed by atoms with Gasteiger partial charge in [-0.05, 0) is 35.9 Å². The minimum atomic E-state index is -3.75. The molecule has 0 unspecified atom stereocenters. The van der Waals surface area contributed by atoms with Gasteiger partial charge in [0.15, 0.2) is 9.84 Å². The molecule has 7 heteroatoms. The summed E-state index contributed by atoms with van der Waals surface area (Å²) in [7, 11) is -3.75. The molecule has 0 bridgehead atoms. The summed E-state index contributed by atoms with van der Waals surface area (Å²) in [4.78, 5) is 11.0. The van der Waals surface area contributed by atoms with Crippen molar-refractivity contribution in [2.45, 2.75) is 10.6 Å². The number of hydrogen-bond acceptors (Lipinski definition) is 3. The number of carbonyl (C=O) groups is 1. The monoisotopic (exact) mass is 432 g/mol. The Morgan fingerprint density at radius 1 is 1.00 bits per heavy atom. The third-order valence-electron chi connectivity index (χ3n) is 2.78. The Hall–Kier alpha value is -1.18. The highest BCUT2D eigenvalue weighted by molar-refractivity contribution is 9.10. The number of hydrogen-bond donors (Lipinski definition) is 1. The molecule has 0 saturated heterocycles. The quantitative estimate of drug-likeness (QED) is 0.793. The highest BCUT2D eigenvalue weighted by atomic mass is 79.9. The van der Waals surface area contributed by atoms with Crippen LogP contribution in [0.25, 0.3) is 0 Å². The lowest BCUT2D eigenvalue weighted by Gasteiger charge is -2.09. The van der Waals surface area contributed by atoms with Crippen LogP contribution in [0.1, 0.15) is 15.9 Å². The van der Waals surface area contributed by atoms with Gasteiger partial charge in [0.2, 0.25) is 0 Å². The summed E-state index contributed by atoms with van der Waals surface area (Å²) in [5, 5.41) is 9.14. The van der Waals surface area contributed by atoms with Gasteiger partial charge in [0.25, 0.3) is 0 Å². The van der Waals surface area contributed by atoms with Crippen molar-refractivity contribution in [3.63, 3.8) is 0 Å². The summed E-state index contributed by atoms with van der Waals surface area (Å²) in [6.07, 6.45) is 0. The third-order valence-corrected chi connectivity index (χ3v) is 5.52. The van der Waals surface area contributed by atoms with Crippen molar-refractivity contribution >= 4 is 47.7 Å². The second-order valence-electron chi connectivity index (χ2n) is 4.33. The van der Waals surface area contributed by atoms with Crippen molar-refractivity contribution in [1.82, 2.24) is 0 Å². The molecule has 2 rings (SSSR count). The molecule has 0 saturated carbocycles. The van der Waals surface area contributed by atoms with Crippen molar-refractivity contribution < 1.29 is 18.3 Å². The first-order valence-electron chi connectivity index (χ1n) is 5.79. The van der Waals surface area contributed by atoms with Gasteiger partial charge in [-0.3, -0.25) is 0 Å². The molecule has 0 atom stereocenters. The largest absolute Gasteiger partial charge is 0.478 e. The van der Waals surface area contributed by atoms with Crippen molar-refractivity contribution in [1.29, 1.82) is 0 Å². The van der Waals surface area contributed by atoms with Gasteiger partial charge >= 0.3 is 5.97 Å². The Morgan fingerprint density at radius 2 is 1.57 bits per heavy atom. The van der Waals surface area contributed by atoms with Gasteiger partial charge in [-0.2, -0.15) is 0 Å². The van der Waals surface area contributed by atoms with E-state index in [0.717, 1.165) is 4.47 Å². The summed E-state index contributed by atoms with van der Waals surface area (Å²) in [6, 6.07) is 10.9. The molecule has 21 heavy (non-hydrogen) atoms. The van der Waals surface area contributed by atoms with Gasteiger partial charge in [-0.15, -0.1) is 0 Å². The lowest BCUT2D eigenvalue weighted by molar-refractivity contribution is 0.0692. The fourth-order valence-corrected chi connectivity index (χ4v) is 4.17. The first-order chi connectivity index (χ1) is 9.79. The lowest BCUT2D eigenvalue weighted by Crippen LogP contribution is -2.11. The normalized spacial score (nSPS) is 11.3. The smallest absolute Gasteiger partial charge is 0.337 e. The number of carboxylic acids is 1. The van der Waals surface area contributed by atoms with E-state index in [0.29, 0.717) is 10.0 Å². The SMILES string of the molecule is O=C(O)c1ccc(Br)cc1S(=O)(=O)Cc1ccc(Br)cc1. The summed E-state index contributed by atoms with van der Waals surface area (Å²) in [5.74, 6) is -1.52. The molecule has 1 N–H and O–H groups in total. The van der Waals surface area contributed by atoms with Gasteiger partial charge < -0.3 is 5.11 Å². The number of halogens is 2. The van der Waals surface area contributed by atoms with Crippen LogP contribution in [0.2, 0.25) is 0 Å². The van der Waals surface area contributed by atoms with Crippen molar-refractivity contribution in [2.24, 2.45) is 0 Å². The van der Waals surface area contributed by atoms with Crippen LogP contribution < -0.4 is 0 Å². The molecule has 0 fully saturated rings. The van der Waals surface area contributed by atoms with E-state index in [1.807, 2.05) is 0 Å². The Bertz CT molecular complexity index is 783. The number of carboxylic acid groups (broad SMARTS) is 1. The van der Waals surface area contributed by atoms with Crippen molar-refractivity contribution in [3.05, 3.63) is 62.5 Å². The number of benzene rings is 2. The van der Waals surface area contributed by atoms with E-state index in [1.165, 1.54) is 18.2 Å². The van der Waals surface area contributed by atoms with Crippen LogP contribution in [0, 0.1) is 0 Å². The standard InChI is InChI=1S/C14H10Br2O4S/c15-10-3-1-9(2-4-10)8-21(19,20)13-7-11(16)5-6-12(13)14(17)18/h1-7H,8H2,(H,17,18). The van der Waals surface area contributed by atoms with Gasteiger partial charge in [0.05, 0.1) is 16.2 Å². The Balaban J connectivity index is 2.46. The molecule has 0 aliphatic rings. The minimum Gasteiger partial charge on any atom is -0.478 e. The van der Waals surface area contributed by atoms with Gasteiger partial charge in [-0.1, -0.05) is 44.0 Å². The average Bonchev–Trinajstić information content (AvgIpc) is 2.41. The van der Waals surface area contributed by atoms with E-state index < -0.39 is 15.8 Å². The topological polar surface area (TPSA) is 71.4 Å². The average molecular weight is 434 g/mol. The molecule has 0 amide bonds. The second-order valence-corrected chi connectivity index (χ2v) is 8.12. The maximum Gasteiger partial charge on any atom is 0.337 e. The van der Waals surface area contributed by atoms with Crippen LogP contribution in [0.4, 0.5) is 0 Å².